The number of rotatable bonds is 6. The summed E-state index contributed by atoms with van der Waals surface area (Å²) in [5, 5.41) is 16.3. The van der Waals surface area contributed by atoms with Crippen LogP contribution in [-0.2, 0) is 0 Å². The topological polar surface area (TPSA) is 84.3 Å². The van der Waals surface area contributed by atoms with Gasteiger partial charge in [0.2, 0.25) is 0 Å². The van der Waals surface area contributed by atoms with Crippen LogP contribution in [0.5, 0.6) is 0 Å². The second kappa shape index (κ2) is 7.68. The van der Waals surface area contributed by atoms with Crippen LogP contribution < -0.4 is 10.6 Å². The molecule has 2 aromatic carbocycles. The molecule has 0 aliphatic heterocycles. The number of carbonyl (C=O) groups excluding carboxylic acids is 1. The molecule has 2 aromatic rings. The number of nitro groups is 1. The third-order valence-corrected chi connectivity index (χ3v) is 3.52. The molecule has 0 spiro atoms. The number of halogens is 2. The van der Waals surface area contributed by atoms with Crippen LogP contribution in [0.15, 0.2) is 46.9 Å². The zero-order chi connectivity index (χ0) is 16.8. The van der Waals surface area contributed by atoms with Gasteiger partial charge in [0.05, 0.1) is 11.0 Å². The zero-order valence-corrected chi connectivity index (χ0v) is 13.5. The first-order chi connectivity index (χ1) is 11.0. The fourth-order valence-corrected chi connectivity index (χ4v) is 2.15. The molecule has 0 radical (unpaired) electrons. The van der Waals surface area contributed by atoms with Crippen molar-refractivity contribution in [1.29, 1.82) is 0 Å². The molecule has 0 fully saturated rings. The van der Waals surface area contributed by atoms with Crippen LogP contribution in [0.3, 0.4) is 0 Å². The molecule has 2 N–H and O–H groups in total. The SMILES string of the molecule is O=C(NCCNc1ccc(F)cc1[N+](=O)[O-])c1ccc(Br)cc1. The third-order valence-electron chi connectivity index (χ3n) is 2.99. The van der Waals surface area contributed by atoms with Crippen LogP contribution >= 0.6 is 15.9 Å². The first-order valence-corrected chi connectivity index (χ1v) is 7.48. The lowest BCUT2D eigenvalue weighted by atomic mass is 10.2. The molecular weight excluding hydrogens is 369 g/mol. The van der Waals surface area contributed by atoms with Gasteiger partial charge in [-0.25, -0.2) is 4.39 Å². The lowest BCUT2D eigenvalue weighted by molar-refractivity contribution is -0.384. The van der Waals surface area contributed by atoms with E-state index in [1.165, 1.54) is 6.07 Å². The summed E-state index contributed by atoms with van der Waals surface area (Å²) in [4.78, 5) is 22.1. The normalized spacial score (nSPS) is 10.2. The van der Waals surface area contributed by atoms with Gasteiger partial charge in [-0.3, -0.25) is 14.9 Å². The quantitative estimate of drug-likeness (QED) is 0.456. The number of carbonyl (C=O) groups is 1. The van der Waals surface area contributed by atoms with Gasteiger partial charge in [0.15, 0.2) is 0 Å². The van der Waals surface area contributed by atoms with Gasteiger partial charge in [0.25, 0.3) is 11.6 Å². The van der Waals surface area contributed by atoms with Crippen molar-refractivity contribution in [3.63, 3.8) is 0 Å². The lowest BCUT2D eigenvalue weighted by Crippen LogP contribution is -2.28. The average Bonchev–Trinajstić information content (AvgIpc) is 2.53. The number of anilines is 1. The molecule has 0 heterocycles. The molecule has 8 heteroatoms. The van der Waals surface area contributed by atoms with Crippen molar-refractivity contribution in [2.45, 2.75) is 0 Å². The Kier molecular flexibility index (Phi) is 5.64. The maximum absolute atomic E-state index is 13.0. The standard InChI is InChI=1S/C15H13BrFN3O3/c16-11-3-1-10(2-4-11)15(21)19-8-7-18-13-6-5-12(17)9-14(13)20(22)23/h1-6,9,18H,7-8H2,(H,19,21). The summed E-state index contributed by atoms with van der Waals surface area (Å²) >= 11 is 3.28. The molecular formula is C15H13BrFN3O3. The largest absolute Gasteiger partial charge is 0.378 e. The predicted octanol–water partition coefficient (Wildman–Crippen LogP) is 3.34. The smallest absolute Gasteiger partial charge is 0.295 e. The highest BCUT2D eigenvalue weighted by Gasteiger charge is 2.14. The summed E-state index contributed by atoms with van der Waals surface area (Å²) < 4.78 is 13.9. The second-order valence-electron chi connectivity index (χ2n) is 4.61. The van der Waals surface area contributed by atoms with E-state index in [1.54, 1.807) is 24.3 Å². The van der Waals surface area contributed by atoms with Gasteiger partial charge in [0, 0.05) is 23.1 Å². The summed E-state index contributed by atoms with van der Waals surface area (Å²) in [5.41, 5.74) is 0.375. The molecule has 0 aliphatic carbocycles. The Labute approximate surface area is 140 Å². The van der Waals surface area contributed by atoms with Gasteiger partial charge in [-0.1, -0.05) is 15.9 Å². The molecule has 0 bridgehead atoms. The highest BCUT2D eigenvalue weighted by molar-refractivity contribution is 9.10. The number of nitro benzene ring substituents is 1. The maximum Gasteiger partial charge on any atom is 0.295 e. The molecule has 0 saturated heterocycles. The molecule has 2 rings (SSSR count). The first kappa shape index (κ1) is 16.9. The second-order valence-corrected chi connectivity index (χ2v) is 5.52. The predicted molar refractivity (Wildman–Crippen MR) is 88.0 cm³/mol. The van der Waals surface area contributed by atoms with Crippen LogP contribution in [0, 0.1) is 15.9 Å². The summed E-state index contributed by atoms with van der Waals surface area (Å²) in [6.07, 6.45) is 0. The van der Waals surface area contributed by atoms with Crippen molar-refractivity contribution in [3.05, 3.63) is 68.4 Å². The fourth-order valence-electron chi connectivity index (χ4n) is 1.88. The maximum atomic E-state index is 13.0. The van der Waals surface area contributed by atoms with E-state index in [0.717, 1.165) is 16.6 Å². The number of hydrogen-bond donors (Lipinski definition) is 2. The number of nitrogens with zero attached hydrogens (tertiary/aromatic N) is 1. The fraction of sp³-hybridized carbons (Fsp3) is 0.133. The van der Waals surface area contributed by atoms with Gasteiger partial charge >= 0.3 is 0 Å². The van der Waals surface area contributed by atoms with E-state index in [2.05, 4.69) is 26.6 Å². The van der Waals surface area contributed by atoms with E-state index >= 15 is 0 Å². The Balaban J connectivity index is 1.87. The van der Waals surface area contributed by atoms with Crippen molar-refractivity contribution in [3.8, 4) is 0 Å². The van der Waals surface area contributed by atoms with Crippen LogP contribution in [0.4, 0.5) is 15.8 Å². The average molecular weight is 382 g/mol. The summed E-state index contributed by atoms with van der Waals surface area (Å²) in [5.74, 6) is -0.918. The molecule has 0 aromatic heterocycles. The van der Waals surface area contributed by atoms with E-state index in [0.29, 0.717) is 5.56 Å². The number of amides is 1. The molecule has 0 atom stereocenters. The molecule has 6 nitrogen and oxygen atoms in total. The van der Waals surface area contributed by atoms with E-state index in [1.807, 2.05) is 0 Å². The monoisotopic (exact) mass is 381 g/mol. The van der Waals surface area contributed by atoms with Gasteiger partial charge in [-0.2, -0.15) is 0 Å². The van der Waals surface area contributed by atoms with Crippen molar-refractivity contribution >= 4 is 33.2 Å². The van der Waals surface area contributed by atoms with Crippen molar-refractivity contribution in [2.75, 3.05) is 18.4 Å². The van der Waals surface area contributed by atoms with E-state index in [9.17, 15) is 19.3 Å². The van der Waals surface area contributed by atoms with Crippen LogP contribution in [-0.4, -0.2) is 23.9 Å². The Hall–Kier alpha value is -2.48. The zero-order valence-electron chi connectivity index (χ0n) is 11.9. The molecule has 0 aliphatic rings. The lowest BCUT2D eigenvalue weighted by Gasteiger charge is -2.08. The van der Waals surface area contributed by atoms with Crippen molar-refractivity contribution in [2.24, 2.45) is 0 Å². The van der Waals surface area contributed by atoms with Crippen molar-refractivity contribution in [1.82, 2.24) is 5.32 Å². The highest BCUT2D eigenvalue weighted by Crippen LogP contribution is 2.24. The van der Waals surface area contributed by atoms with Crippen molar-refractivity contribution < 1.29 is 14.1 Å². The minimum atomic E-state index is -0.675. The van der Waals surface area contributed by atoms with Crippen LogP contribution in [0.1, 0.15) is 10.4 Å². The van der Waals surface area contributed by atoms with Crippen LogP contribution in [0.25, 0.3) is 0 Å². The van der Waals surface area contributed by atoms with E-state index in [4.69, 9.17) is 0 Å². The molecule has 120 valence electrons. The minimum Gasteiger partial charge on any atom is -0.378 e. The Bertz CT molecular complexity index is 722. The molecule has 23 heavy (non-hydrogen) atoms. The van der Waals surface area contributed by atoms with Gasteiger partial charge in [0.1, 0.15) is 11.5 Å². The first-order valence-electron chi connectivity index (χ1n) is 6.69. The summed E-state index contributed by atoms with van der Waals surface area (Å²) in [6, 6.07) is 10.2. The minimum absolute atomic E-state index is 0.203. The number of hydrogen-bond acceptors (Lipinski definition) is 4. The number of nitrogens with one attached hydrogen (secondary N) is 2. The number of benzene rings is 2. The van der Waals surface area contributed by atoms with Gasteiger partial charge in [-0.15, -0.1) is 0 Å². The van der Waals surface area contributed by atoms with Crippen LogP contribution in [0.2, 0.25) is 0 Å². The third kappa shape index (κ3) is 4.75. The molecule has 0 saturated carbocycles. The Morgan fingerprint density at radius 1 is 1.17 bits per heavy atom. The van der Waals surface area contributed by atoms with E-state index in [-0.39, 0.29) is 30.4 Å². The summed E-state index contributed by atoms with van der Waals surface area (Å²) in [7, 11) is 0. The Morgan fingerprint density at radius 2 is 1.87 bits per heavy atom. The Morgan fingerprint density at radius 3 is 2.52 bits per heavy atom. The summed E-state index contributed by atoms with van der Waals surface area (Å²) in [6.45, 7) is 0.540. The molecule has 1 amide bonds. The van der Waals surface area contributed by atoms with Gasteiger partial charge in [-0.05, 0) is 36.4 Å². The van der Waals surface area contributed by atoms with Gasteiger partial charge < -0.3 is 10.6 Å². The molecule has 0 unspecified atom stereocenters. The van der Waals surface area contributed by atoms with E-state index < -0.39 is 10.7 Å². The highest BCUT2D eigenvalue weighted by atomic mass is 79.9.